The zero-order chi connectivity index (χ0) is 14.0. The van der Waals surface area contributed by atoms with Crippen molar-refractivity contribution < 1.29 is 14.4 Å². The molecule has 0 fully saturated rings. The van der Waals surface area contributed by atoms with E-state index >= 15 is 0 Å². The second-order valence-electron chi connectivity index (χ2n) is 4.67. The Morgan fingerprint density at radius 3 is 2.56 bits per heavy atom. The van der Waals surface area contributed by atoms with Crippen molar-refractivity contribution in [3.05, 3.63) is 0 Å². The average Bonchev–Trinajstić information content (AvgIpc) is 2.30. The average molecular weight is 276 g/mol. The molecule has 0 aliphatic carbocycles. The molecule has 0 aromatic heterocycles. The number of rotatable bonds is 7. The van der Waals surface area contributed by atoms with E-state index in [1.165, 1.54) is 7.05 Å². The summed E-state index contributed by atoms with van der Waals surface area (Å²) >= 11 is 1.72. The van der Waals surface area contributed by atoms with Crippen molar-refractivity contribution in [2.75, 3.05) is 31.8 Å². The van der Waals surface area contributed by atoms with Crippen molar-refractivity contribution in [1.82, 2.24) is 5.32 Å². The van der Waals surface area contributed by atoms with E-state index in [0.29, 0.717) is 0 Å². The Kier molecular flexibility index (Phi) is 8.83. The first-order valence-electron chi connectivity index (χ1n) is 6.03. The number of ether oxygens (including phenoxy) is 1. The van der Waals surface area contributed by atoms with Gasteiger partial charge in [0, 0.05) is 30.6 Å². The van der Waals surface area contributed by atoms with Gasteiger partial charge in [0.15, 0.2) is 0 Å². The predicted molar refractivity (Wildman–Crippen MR) is 76.2 cm³/mol. The van der Waals surface area contributed by atoms with Gasteiger partial charge in [0.1, 0.15) is 0 Å². The van der Waals surface area contributed by atoms with E-state index in [1.54, 1.807) is 11.8 Å². The van der Waals surface area contributed by atoms with Crippen molar-refractivity contribution in [1.29, 1.82) is 0 Å². The lowest BCUT2D eigenvalue weighted by Crippen LogP contribution is -2.25. The highest BCUT2D eigenvalue weighted by molar-refractivity contribution is 7.99. The monoisotopic (exact) mass is 276 g/mol. The Balaban J connectivity index is 4.21. The first-order chi connectivity index (χ1) is 8.41. The fourth-order valence-corrected chi connectivity index (χ4v) is 2.01. The normalized spacial score (nSPS) is 12.4. The molecule has 1 amide bonds. The molecule has 106 valence electrons. The van der Waals surface area contributed by atoms with Gasteiger partial charge < -0.3 is 10.1 Å². The van der Waals surface area contributed by atoms with Crippen LogP contribution in [0.2, 0.25) is 0 Å². The minimum atomic E-state index is -0.545. The van der Waals surface area contributed by atoms with Crippen LogP contribution in [0.4, 0.5) is 4.79 Å². The summed E-state index contributed by atoms with van der Waals surface area (Å²) in [5.74, 6) is 1.64. The van der Waals surface area contributed by atoms with Crippen molar-refractivity contribution >= 4 is 23.6 Å². The summed E-state index contributed by atoms with van der Waals surface area (Å²) in [6.07, 6.45) is -0.545. The molecule has 0 aromatic rings. The molecule has 0 aromatic carbocycles. The van der Waals surface area contributed by atoms with E-state index in [4.69, 9.17) is 9.57 Å². The second-order valence-corrected chi connectivity index (χ2v) is 5.77. The minimum absolute atomic E-state index is 0.118. The van der Waals surface area contributed by atoms with Crippen LogP contribution in [0.5, 0.6) is 0 Å². The molecule has 0 spiro atoms. The lowest BCUT2D eigenvalue weighted by Gasteiger charge is -2.20. The Hall–Kier alpha value is -0.750. The lowest BCUT2D eigenvalue weighted by atomic mass is 9.91. The number of carbonyl (C=O) groups excluding carboxylic acids is 1. The predicted octanol–water partition coefficient (Wildman–Crippen LogP) is 2.51. The number of nitrogens with zero attached hydrogens (tertiary/aromatic N) is 1. The van der Waals surface area contributed by atoms with Gasteiger partial charge in [-0.25, -0.2) is 4.79 Å². The lowest BCUT2D eigenvalue weighted by molar-refractivity contribution is 0.151. The molecule has 0 unspecified atom stereocenters. The van der Waals surface area contributed by atoms with E-state index < -0.39 is 6.09 Å². The van der Waals surface area contributed by atoms with Gasteiger partial charge in [-0.05, 0) is 6.92 Å². The van der Waals surface area contributed by atoms with E-state index in [9.17, 15) is 4.79 Å². The summed E-state index contributed by atoms with van der Waals surface area (Å²) in [5, 5.41) is 6.29. The molecule has 0 bridgehead atoms. The SMILES string of the molecule is CCOCCSCC(=NOC(=O)NC)C(C)(C)C. The largest absolute Gasteiger partial charge is 0.433 e. The Morgan fingerprint density at radius 1 is 1.39 bits per heavy atom. The van der Waals surface area contributed by atoms with E-state index in [0.717, 1.165) is 30.4 Å². The number of carbonyl (C=O) groups is 1. The number of amides is 1. The summed E-state index contributed by atoms with van der Waals surface area (Å²) in [6.45, 7) is 9.58. The quantitative estimate of drug-likeness (QED) is 0.336. The van der Waals surface area contributed by atoms with Crippen LogP contribution in [0.15, 0.2) is 5.16 Å². The van der Waals surface area contributed by atoms with Crippen LogP contribution in [-0.2, 0) is 9.57 Å². The maximum Gasteiger partial charge on any atom is 0.433 e. The first kappa shape index (κ1) is 17.2. The Labute approximate surface area is 114 Å². The van der Waals surface area contributed by atoms with Gasteiger partial charge in [0.05, 0.1) is 12.3 Å². The molecule has 18 heavy (non-hydrogen) atoms. The van der Waals surface area contributed by atoms with Crippen LogP contribution < -0.4 is 5.32 Å². The standard InChI is InChI=1S/C12H24N2O3S/c1-6-16-7-8-18-9-10(12(2,3)4)14-17-11(15)13-5/h6-9H2,1-5H3,(H,13,15). The third kappa shape index (κ3) is 8.36. The summed E-state index contributed by atoms with van der Waals surface area (Å²) < 4.78 is 5.26. The van der Waals surface area contributed by atoms with Gasteiger partial charge in [-0.2, -0.15) is 11.8 Å². The van der Waals surface area contributed by atoms with Crippen molar-refractivity contribution in [2.45, 2.75) is 27.7 Å². The molecule has 0 aliphatic heterocycles. The molecule has 0 atom stereocenters. The van der Waals surface area contributed by atoms with Crippen LogP contribution in [0.3, 0.4) is 0 Å². The van der Waals surface area contributed by atoms with E-state index in [1.807, 2.05) is 27.7 Å². The molecular formula is C12H24N2O3S. The van der Waals surface area contributed by atoms with Gasteiger partial charge >= 0.3 is 6.09 Å². The highest BCUT2D eigenvalue weighted by Gasteiger charge is 2.20. The first-order valence-corrected chi connectivity index (χ1v) is 7.18. The number of oxime groups is 1. The van der Waals surface area contributed by atoms with Gasteiger partial charge in [-0.15, -0.1) is 0 Å². The maximum absolute atomic E-state index is 11.0. The van der Waals surface area contributed by atoms with Crippen molar-refractivity contribution in [2.24, 2.45) is 10.6 Å². The van der Waals surface area contributed by atoms with Gasteiger partial charge in [-0.1, -0.05) is 25.9 Å². The maximum atomic E-state index is 11.0. The van der Waals surface area contributed by atoms with Gasteiger partial charge in [0.25, 0.3) is 0 Å². The fourth-order valence-electron chi connectivity index (χ4n) is 0.953. The molecule has 0 heterocycles. The zero-order valence-corrected chi connectivity index (χ0v) is 12.7. The number of thioether (sulfide) groups is 1. The zero-order valence-electron chi connectivity index (χ0n) is 11.9. The van der Waals surface area contributed by atoms with Crippen LogP contribution >= 0.6 is 11.8 Å². The van der Waals surface area contributed by atoms with Crippen LogP contribution in [0, 0.1) is 5.41 Å². The minimum Gasteiger partial charge on any atom is -0.381 e. The van der Waals surface area contributed by atoms with Crippen molar-refractivity contribution in [3.8, 4) is 0 Å². The summed E-state index contributed by atoms with van der Waals surface area (Å²) in [6, 6.07) is 0. The molecule has 0 saturated heterocycles. The highest BCUT2D eigenvalue weighted by Crippen LogP contribution is 2.19. The molecular weight excluding hydrogens is 252 g/mol. The van der Waals surface area contributed by atoms with Crippen molar-refractivity contribution in [3.63, 3.8) is 0 Å². The molecule has 1 N–H and O–H groups in total. The Morgan fingerprint density at radius 2 is 2.06 bits per heavy atom. The van der Waals surface area contributed by atoms with Gasteiger partial charge in [-0.3, -0.25) is 4.84 Å². The van der Waals surface area contributed by atoms with Crippen LogP contribution in [0.25, 0.3) is 0 Å². The molecule has 0 saturated carbocycles. The van der Waals surface area contributed by atoms with Crippen LogP contribution in [0.1, 0.15) is 27.7 Å². The van der Waals surface area contributed by atoms with Crippen LogP contribution in [-0.4, -0.2) is 43.6 Å². The molecule has 6 heteroatoms. The molecule has 0 aliphatic rings. The number of hydrogen-bond donors (Lipinski definition) is 1. The second kappa shape index (κ2) is 9.22. The van der Waals surface area contributed by atoms with E-state index in [-0.39, 0.29) is 5.41 Å². The fraction of sp³-hybridized carbons (Fsp3) is 0.833. The third-order valence-electron chi connectivity index (χ3n) is 2.12. The smallest absolute Gasteiger partial charge is 0.381 e. The van der Waals surface area contributed by atoms with E-state index in [2.05, 4.69) is 10.5 Å². The summed E-state index contributed by atoms with van der Waals surface area (Å²) in [5.41, 5.74) is 0.736. The third-order valence-corrected chi connectivity index (χ3v) is 3.06. The number of hydrogen-bond acceptors (Lipinski definition) is 5. The van der Waals surface area contributed by atoms with Gasteiger partial charge in [0.2, 0.25) is 0 Å². The summed E-state index contributed by atoms with van der Waals surface area (Å²) in [4.78, 5) is 15.7. The molecule has 0 radical (unpaired) electrons. The number of nitrogens with one attached hydrogen (secondary N) is 1. The highest BCUT2D eigenvalue weighted by atomic mass is 32.2. The molecule has 0 rings (SSSR count). The Bertz CT molecular complexity index is 275. The molecule has 5 nitrogen and oxygen atoms in total. The summed E-state index contributed by atoms with van der Waals surface area (Å²) in [7, 11) is 1.51. The topological polar surface area (TPSA) is 59.9 Å².